The summed E-state index contributed by atoms with van der Waals surface area (Å²) in [5.74, 6) is 0.194. The minimum Gasteiger partial charge on any atom is -0.488 e. The van der Waals surface area contributed by atoms with Crippen LogP contribution in [0.2, 0.25) is 5.02 Å². The molecule has 3 N–H and O–H groups in total. The molecule has 1 amide bonds. The minimum atomic E-state index is -3.73. The number of carbonyl (C=O) groups excluding carboxylic acids is 1. The summed E-state index contributed by atoms with van der Waals surface area (Å²) in [5, 5.41) is 11.8. The zero-order chi connectivity index (χ0) is 24.2. The van der Waals surface area contributed by atoms with Gasteiger partial charge in [-0.25, -0.2) is 18.4 Å². The number of amides is 1. The van der Waals surface area contributed by atoms with Crippen LogP contribution in [0.3, 0.4) is 0 Å². The summed E-state index contributed by atoms with van der Waals surface area (Å²) in [6.45, 7) is 5.17. The smallest absolute Gasteiger partial charge is 0.265 e. The Morgan fingerprint density at radius 1 is 1.18 bits per heavy atom. The molecule has 2 heterocycles. The fourth-order valence-electron chi connectivity index (χ4n) is 2.87. The van der Waals surface area contributed by atoms with Gasteiger partial charge in [0.25, 0.3) is 5.91 Å². The number of nitrogens with zero attached hydrogens (tertiary/aromatic N) is 2. The van der Waals surface area contributed by atoms with Crippen LogP contribution in [0.15, 0.2) is 36.7 Å². The third kappa shape index (κ3) is 6.87. The van der Waals surface area contributed by atoms with E-state index in [2.05, 4.69) is 20.0 Å². The summed E-state index contributed by atoms with van der Waals surface area (Å²) < 4.78 is 31.7. The summed E-state index contributed by atoms with van der Waals surface area (Å²) in [4.78, 5) is 22.8. The highest BCUT2D eigenvalue weighted by atomic mass is 35.5. The normalized spacial score (nSPS) is 11.5. The number of halogens is 1. The molecule has 9 nitrogen and oxygen atoms in total. The van der Waals surface area contributed by atoms with Crippen LogP contribution in [0.5, 0.6) is 5.75 Å². The van der Waals surface area contributed by atoms with E-state index in [1.54, 1.807) is 18.5 Å². The van der Waals surface area contributed by atoms with Gasteiger partial charge in [-0.3, -0.25) is 9.52 Å². The summed E-state index contributed by atoms with van der Waals surface area (Å²) in [6.07, 6.45) is 3.18. The lowest BCUT2D eigenvalue weighted by Crippen LogP contribution is -2.19. The van der Waals surface area contributed by atoms with Gasteiger partial charge >= 0.3 is 0 Å². The number of aryl methyl sites for hydroxylation is 1. The molecular formula is C21H23ClN4O5S2. The first-order chi connectivity index (χ1) is 15.6. The Balaban J connectivity index is 1.78. The van der Waals surface area contributed by atoms with Gasteiger partial charge in [-0.05, 0) is 45.0 Å². The van der Waals surface area contributed by atoms with Crippen molar-refractivity contribution in [3.8, 4) is 17.1 Å². The largest absolute Gasteiger partial charge is 0.488 e. The number of ether oxygens (including phenoxy) is 1. The molecule has 0 fully saturated rings. The molecule has 2 aromatic heterocycles. The Morgan fingerprint density at radius 3 is 2.48 bits per heavy atom. The second-order valence-corrected chi connectivity index (χ2v) is 10.9. The highest BCUT2D eigenvalue weighted by Gasteiger charge is 2.17. The fourth-order valence-corrected chi connectivity index (χ4v) is 4.83. The molecule has 3 rings (SSSR count). The number of carbonyl (C=O) groups is 1. The number of anilines is 2. The van der Waals surface area contributed by atoms with Crippen molar-refractivity contribution in [1.82, 2.24) is 9.97 Å². The topological polar surface area (TPSA) is 131 Å². The van der Waals surface area contributed by atoms with E-state index in [-0.39, 0.29) is 22.7 Å². The number of aliphatic hydroxyl groups is 1. The average Bonchev–Trinajstić information content (AvgIpc) is 3.09. The summed E-state index contributed by atoms with van der Waals surface area (Å²) >= 11 is 7.36. The number of aromatic nitrogens is 2. The first-order valence-corrected chi connectivity index (χ1v) is 12.7. The molecule has 33 heavy (non-hydrogen) atoms. The van der Waals surface area contributed by atoms with Crippen molar-refractivity contribution in [3.63, 3.8) is 0 Å². The maximum atomic E-state index is 12.8. The zero-order valence-electron chi connectivity index (χ0n) is 18.1. The van der Waals surface area contributed by atoms with Gasteiger partial charge in [0.05, 0.1) is 41.4 Å². The van der Waals surface area contributed by atoms with Gasteiger partial charge in [0.1, 0.15) is 0 Å². The Labute approximate surface area is 200 Å². The van der Waals surface area contributed by atoms with Crippen molar-refractivity contribution >= 4 is 50.2 Å². The van der Waals surface area contributed by atoms with Crippen LogP contribution in [0.4, 0.5) is 11.4 Å². The Hall–Kier alpha value is -2.73. The molecule has 12 heteroatoms. The maximum absolute atomic E-state index is 12.8. The molecule has 0 saturated carbocycles. The summed E-state index contributed by atoms with van der Waals surface area (Å²) in [7, 11) is -3.73. The lowest BCUT2D eigenvalue weighted by atomic mass is 10.2. The number of nitrogens with one attached hydrogen (secondary N) is 2. The number of rotatable bonds is 9. The molecular weight excluding hydrogens is 488 g/mol. The predicted octanol–water partition coefficient (Wildman–Crippen LogP) is 3.94. The molecule has 0 spiro atoms. The van der Waals surface area contributed by atoms with E-state index in [0.717, 1.165) is 10.4 Å². The minimum absolute atomic E-state index is 0.00891. The molecule has 1 aromatic carbocycles. The van der Waals surface area contributed by atoms with Crippen molar-refractivity contribution in [2.75, 3.05) is 22.4 Å². The number of benzene rings is 1. The molecule has 0 aliphatic heterocycles. The summed E-state index contributed by atoms with van der Waals surface area (Å²) in [6, 6.07) is 6.05. The fraction of sp³-hybridized carbons (Fsp3) is 0.286. The quantitative estimate of drug-likeness (QED) is 0.397. The number of sulfonamides is 1. The van der Waals surface area contributed by atoms with Crippen LogP contribution >= 0.6 is 22.9 Å². The second-order valence-electron chi connectivity index (χ2n) is 7.32. The molecule has 0 saturated heterocycles. The Morgan fingerprint density at radius 2 is 1.85 bits per heavy atom. The van der Waals surface area contributed by atoms with Crippen molar-refractivity contribution in [1.29, 1.82) is 0 Å². The molecule has 3 aromatic rings. The molecule has 0 atom stereocenters. The van der Waals surface area contributed by atoms with E-state index in [1.165, 1.54) is 29.5 Å². The standard InChI is InChI=1S/C21H23ClN4O5S2/c1-12(2)31-17-10-23-20(24-11-17)18-9-19(32-13(18)3)21(28)25-15-6-14(22)7-16(8-15)26-33(29,30)5-4-27/h6-12,26-27H,4-5H2,1-3H3,(H,25,28). The number of aliphatic hydroxyl groups excluding tert-OH is 1. The summed E-state index contributed by atoms with van der Waals surface area (Å²) in [5.41, 5.74) is 1.21. The number of thiophene rings is 1. The molecule has 0 aliphatic carbocycles. The predicted molar refractivity (Wildman–Crippen MR) is 130 cm³/mol. The van der Waals surface area contributed by atoms with E-state index in [9.17, 15) is 13.2 Å². The van der Waals surface area contributed by atoms with Crippen LogP contribution < -0.4 is 14.8 Å². The molecule has 0 radical (unpaired) electrons. The first-order valence-electron chi connectivity index (χ1n) is 9.89. The number of hydrogen-bond acceptors (Lipinski definition) is 8. The van der Waals surface area contributed by atoms with Gasteiger partial charge in [0, 0.05) is 21.2 Å². The average molecular weight is 511 g/mol. The van der Waals surface area contributed by atoms with Gasteiger partial charge in [0.15, 0.2) is 11.6 Å². The van der Waals surface area contributed by atoms with Crippen LogP contribution in [-0.2, 0) is 10.0 Å². The second kappa shape index (κ2) is 10.5. The Kier molecular flexibility index (Phi) is 7.90. The van der Waals surface area contributed by atoms with Crippen molar-refractivity contribution in [3.05, 3.63) is 51.4 Å². The Bertz CT molecular complexity index is 1240. The maximum Gasteiger partial charge on any atom is 0.265 e. The van der Waals surface area contributed by atoms with Gasteiger partial charge in [-0.15, -0.1) is 11.3 Å². The van der Waals surface area contributed by atoms with Gasteiger partial charge in [-0.1, -0.05) is 11.6 Å². The molecule has 0 aliphatic rings. The SMILES string of the molecule is Cc1sc(C(=O)Nc2cc(Cl)cc(NS(=O)(=O)CCO)c2)cc1-c1ncc(OC(C)C)cn1. The molecule has 176 valence electrons. The van der Waals surface area contributed by atoms with Crippen LogP contribution in [0.1, 0.15) is 28.4 Å². The van der Waals surface area contributed by atoms with Crippen LogP contribution in [-0.4, -0.2) is 47.9 Å². The van der Waals surface area contributed by atoms with Gasteiger partial charge < -0.3 is 15.2 Å². The first kappa shape index (κ1) is 24.9. The highest BCUT2D eigenvalue weighted by molar-refractivity contribution is 7.92. The van der Waals surface area contributed by atoms with Crippen molar-refractivity contribution < 1.29 is 23.1 Å². The van der Waals surface area contributed by atoms with E-state index in [4.69, 9.17) is 21.4 Å². The van der Waals surface area contributed by atoms with E-state index in [1.807, 2.05) is 20.8 Å². The van der Waals surface area contributed by atoms with E-state index < -0.39 is 22.4 Å². The number of hydrogen-bond donors (Lipinski definition) is 3. The zero-order valence-corrected chi connectivity index (χ0v) is 20.5. The monoisotopic (exact) mass is 510 g/mol. The van der Waals surface area contributed by atoms with E-state index >= 15 is 0 Å². The lowest BCUT2D eigenvalue weighted by molar-refractivity contribution is 0.103. The molecule has 0 bridgehead atoms. The van der Waals surface area contributed by atoms with Crippen molar-refractivity contribution in [2.24, 2.45) is 0 Å². The highest BCUT2D eigenvalue weighted by Crippen LogP contribution is 2.30. The molecule has 0 unspecified atom stereocenters. The van der Waals surface area contributed by atoms with Gasteiger partial charge in [-0.2, -0.15) is 0 Å². The van der Waals surface area contributed by atoms with Gasteiger partial charge in [0.2, 0.25) is 10.0 Å². The van der Waals surface area contributed by atoms with Crippen LogP contribution in [0.25, 0.3) is 11.4 Å². The third-order valence-corrected chi connectivity index (χ3v) is 6.71. The van der Waals surface area contributed by atoms with E-state index in [0.29, 0.717) is 22.1 Å². The van der Waals surface area contributed by atoms with Crippen molar-refractivity contribution in [2.45, 2.75) is 26.9 Å². The third-order valence-electron chi connectivity index (χ3n) is 4.17. The van der Waals surface area contributed by atoms with Crippen LogP contribution in [0, 0.1) is 6.92 Å². The lowest BCUT2D eigenvalue weighted by Gasteiger charge is -2.10.